The summed E-state index contributed by atoms with van der Waals surface area (Å²) >= 11 is 0. The number of nitriles is 1. The van der Waals surface area contributed by atoms with Gasteiger partial charge in [0.05, 0.1) is 49.6 Å². The molecule has 4 rings (SSSR count). The van der Waals surface area contributed by atoms with E-state index in [4.69, 9.17) is 14.2 Å². The van der Waals surface area contributed by atoms with Gasteiger partial charge in [-0.25, -0.2) is 0 Å². The molecule has 38 heavy (non-hydrogen) atoms. The van der Waals surface area contributed by atoms with Crippen molar-refractivity contribution in [2.45, 2.75) is 26.8 Å². The third-order valence-electron chi connectivity index (χ3n) is 6.40. The molecule has 3 aromatic carbocycles. The van der Waals surface area contributed by atoms with Crippen molar-refractivity contribution < 1.29 is 28.9 Å². The Hall–Kier alpha value is -4.77. The number of carbonyl (C=O) groups excluding carboxylic acids is 2. The molecule has 1 aliphatic heterocycles. The topological polar surface area (TPSA) is 109 Å². The molecule has 1 fully saturated rings. The van der Waals surface area contributed by atoms with E-state index in [0.29, 0.717) is 46.2 Å². The number of carbonyl (C=O) groups is 2. The summed E-state index contributed by atoms with van der Waals surface area (Å²) < 4.78 is 16.7. The number of amides is 1. The second-order valence-electron chi connectivity index (χ2n) is 8.83. The minimum atomic E-state index is -0.987. The first-order valence-electron chi connectivity index (χ1n) is 12.0. The quantitative estimate of drug-likeness (QED) is 0.263. The van der Waals surface area contributed by atoms with E-state index in [9.17, 15) is 20.0 Å². The van der Waals surface area contributed by atoms with E-state index >= 15 is 0 Å². The monoisotopic (exact) mass is 512 g/mol. The lowest BCUT2D eigenvalue weighted by atomic mass is 9.93. The summed E-state index contributed by atoms with van der Waals surface area (Å²) in [5, 5.41) is 20.8. The van der Waals surface area contributed by atoms with Crippen LogP contribution in [0.1, 0.15) is 40.8 Å². The van der Waals surface area contributed by atoms with Crippen LogP contribution in [-0.4, -0.2) is 37.6 Å². The lowest BCUT2D eigenvalue weighted by molar-refractivity contribution is -0.132. The van der Waals surface area contributed by atoms with Crippen molar-refractivity contribution in [3.05, 3.63) is 88.0 Å². The number of benzene rings is 3. The second-order valence-corrected chi connectivity index (χ2v) is 8.83. The Kier molecular flexibility index (Phi) is 7.40. The minimum absolute atomic E-state index is 0.0877. The molecule has 1 unspecified atom stereocenters. The molecule has 8 nitrogen and oxygen atoms in total. The summed E-state index contributed by atoms with van der Waals surface area (Å²) in [7, 11) is 3.01. The molecule has 0 bridgehead atoms. The molecular formula is C30H28N2O6. The van der Waals surface area contributed by atoms with Crippen LogP contribution in [0.15, 0.2) is 60.2 Å². The van der Waals surface area contributed by atoms with Crippen LogP contribution in [0.3, 0.4) is 0 Å². The van der Waals surface area contributed by atoms with Gasteiger partial charge in [-0.15, -0.1) is 0 Å². The molecule has 0 aliphatic carbocycles. The Bertz CT molecular complexity index is 1480. The molecule has 0 spiro atoms. The van der Waals surface area contributed by atoms with Crippen molar-refractivity contribution in [3.8, 4) is 23.3 Å². The molecule has 0 saturated carbocycles. The van der Waals surface area contributed by atoms with Crippen molar-refractivity contribution in [3.63, 3.8) is 0 Å². The summed E-state index contributed by atoms with van der Waals surface area (Å²) in [5.41, 5.74) is 3.19. The van der Waals surface area contributed by atoms with Gasteiger partial charge >= 0.3 is 0 Å². The average molecular weight is 513 g/mol. The van der Waals surface area contributed by atoms with Crippen LogP contribution >= 0.6 is 0 Å². The van der Waals surface area contributed by atoms with Crippen LogP contribution in [0.5, 0.6) is 17.2 Å². The highest BCUT2D eigenvalue weighted by molar-refractivity contribution is 6.51. The molecule has 0 aromatic heterocycles. The van der Waals surface area contributed by atoms with Crippen LogP contribution < -0.4 is 19.1 Å². The van der Waals surface area contributed by atoms with Crippen molar-refractivity contribution in [2.75, 3.05) is 25.7 Å². The summed E-state index contributed by atoms with van der Waals surface area (Å²) in [6.07, 6.45) is 0. The van der Waals surface area contributed by atoms with Gasteiger partial charge in [0.25, 0.3) is 11.7 Å². The summed E-state index contributed by atoms with van der Waals surface area (Å²) in [5.74, 6) is -0.669. The second kappa shape index (κ2) is 10.7. The third kappa shape index (κ3) is 4.55. The summed E-state index contributed by atoms with van der Waals surface area (Å²) in [6, 6.07) is 16.1. The number of anilines is 1. The molecule has 1 atom stereocenters. The van der Waals surface area contributed by atoms with Crippen molar-refractivity contribution in [1.82, 2.24) is 0 Å². The minimum Gasteiger partial charge on any atom is -0.507 e. The van der Waals surface area contributed by atoms with E-state index in [2.05, 4.69) is 0 Å². The molecule has 1 aliphatic rings. The Balaban J connectivity index is 2.02. The fourth-order valence-corrected chi connectivity index (χ4v) is 4.79. The molecule has 3 aromatic rings. The number of aliphatic hydroxyl groups excluding tert-OH is 1. The van der Waals surface area contributed by atoms with Gasteiger partial charge in [-0.1, -0.05) is 12.1 Å². The van der Waals surface area contributed by atoms with E-state index in [1.165, 1.54) is 19.1 Å². The lowest BCUT2D eigenvalue weighted by Gasteiger charge is -2.26. The fraction of sp³-hybridized carbons (Fsp3) is 0.233. The lowest BCUT2D eigenvalue weighted by Crippen LogP contribution is -2.29. The highest BCUT2D eigenvalue weighted by atomic mass is 16.5. The van der Waals surface area contributed by atoms with Crippen molar-refractivity contribution in [2.24, 2.45) is 0 Å². The first-order valence-corrected chi connectivity index (χ1v) is 12.0. The number of methoxy groups -OCH3 is 2. The van der Waals surface area contributed by atoms with Crippen LogP contribution in [0.4, 0.5) is 5.69 Å². The smallest absolute Gasteiger partial charge is 0.300 e. The molecule has 1 saturated heterocycles. The zero-order valence-corrected chi connectivity index (χ0v) is 21.9. The maximum absolute atomic E-state index is 13.6. The molecule has 8 heteroatoms. The molecular weight excluding hydrogens is 484 g/mol. The van der Waals surface area contributed by atoms with Gasteiger partial charge in [0.1, 0.15) is 11.5 Å². The largest absolute Gasteiger partial charge is 0.507 e. The maximum atomic E-state index is 13.6. The highest BCUT2D eigenvalue weighted by Crippen LogP contribution is 2.45. The van der Waals surface area contributed by atoms with Gasteiger partial charge in [-0.05, 0) is 79.9 Å². The molecule has 1 heterocycles. The number of aryl methyl sites for hydroxylation is 2. The maximum Gasteiger partial charge on any atom is 0.300 e. The van der Waals surface area contributed by atoms with Crippen LogP contribution in [0.2, 0.25) is 0 Å². The normalized spacial score (nSPS) is 16.3. The summed E-state index contributed by atoms with van der Waals surface area (Å²) in [6.45, 7) is 5.91. The highest BCUT2D eigenvalue weighted by Gasteiger charge is 2.47. The Morgan fingerprint density at radius 1 is 1.00 bits per heavy atom. The average Bonchev–Trinajstić information content (AvgIpc) is 3.18. The molecule has 194 valence electrons. The van der Waals surface area contributed by atoms with Gasteiger partial charge in [0, 0.05) is 5.69 Å². The zero-order valence-electron chi connectivity index (χ0n) is 21.9. The fourth-order valence-electron chi connectivity index (χ4n) is 4.79. The number of Topliss-reactive ketones (excluding diaryl/α,β-unsaturated/α-hetero) is 1. The Labute approximate surface area is 221 Å². The number of rotatable bonds is 7. The molecule has 1 amide bonds. The molecule has 0 radical (unpaired) electrons. The van der Waals surface area contributed by atoms with Gasteiger partial charge < -0.3 is 19.3 Å². The molecule has 1 N–H and O–H groups in total. The number of ether oxygens (including phenoxy) is 3. The van der Waals surface area contributed by atoms with Crippen molar-refractivity contribution >= 4 is 23.1 Å². The van der Waals surface area contributed by atoms with Gasteiger partial charge in [-0.3, -0.25) is 14.5 Å². The Morgan fingerprint density at radius 2 is 1.71 bits per heavy atom. The van der Waals surface area contributed by atoms with E-state index in [0.717, 1.165) is 11.1 Å². The van der Waals surface area contributed by atoms with Gasteiger partial charge in [0.2, 0.25) is 0 Å². The first-order chi connectivity index (χ1) is 18.2. The predicted molar refractivity (Wildman–Crippen MR) is 143 cm³/mol. The van der Waals surface area contributed by atoms with Crippen LogP contribution in [0.25, 0.3) is 5.76 Å². The van der Waals surface area contributed by atoms with Crippen LogP contribution in [0, 0.1) is 25.2 Å². The standard InChI is InChI=1S/C30H28N2O6/c1-6-38-24-15-20(9-12-23(24)36-4)26-25(27(33)22-14-17(2)13-18(3)29(22)37-5)28(34)30(35)32(26)21-10-7-19(16-31)8-11-21/h7-15,26,33H,6H2,1-5H3/b27-25+. The third-order valence-corrected chi connectivity index (χ3v) is 6.40. The number of aliphatic hydroxyl groups is 1. The zero-order chi connectivity index (χ0) is 27.6. The van der Waals surface area contributed by atoms with Crippen molar-refractivity contribution in [1.29, 1.82) is 5.26 Å². The first kappa shape index (κ1) is 26.3. The summed E-state index contributed by atoms with van der Waals surface area (Å²) in [4.78, 5) is 28.4. The SMILES string of the molecule is CCOc1cc(C2/C(=C(\O)c3cc(C)cc(C)c3OC)C(=O)C(=O)N2c2ccc(C#N)cc2)ccc1OC. The van der Waals surface area contributed by atoms with E-state index in [1.807, 2.05) is 32.9 Å². The Morgan fingerprint density at radius 3 is 2.32 bits per heavy atom. The van der Waals surface area contributed by atoms with E-state index in [-0.39, 0.29) is 11.3 Å². The van der Waals surface area contributed by atoms with Gasteiger partial charge in [-0.2, -0.15) is 5.26 Å². The number of hydrogen-bond donors (Lipinski definition) is 1. The van der Waals surface area contributed by atoms with Gasteiger partial charge in [0.15, 0.2) is 11.5 Å². The van der Waals surface area contributed by atoms with E-state index < -0.39 is 17.7 Å². The number of ketones is 1. The van der Waals surface area contributed by atoms with E-state index in [1.54, 1.807) is 48.5 Å². The van der Waals surface area contributed by atoms with Crippen LogP contribution in [-0.2, 0) is 9.59 Å². The number of nitrogens with zero attached hydrogens (tertiary/aromatic N) is 2. The predicted octanol–water partition coefficient (Wildman–Crippen LogP) is 5.22. The number of hydrogen-bond acceptors (Lipinski definition) is 7.